The molecule has 1 N–H and O–H groups in total. The number of nitrogens with zero attached hydrogens (tertiary/aromatic N) is 2. The molecule has 0 aromatic heterocycles. The van der Waals surface area contributed by atoms with Gasteiger partial charge in [0.15, 0.2) is 11.6 Å². The maximum Gasteiger partial charge on any atom is 0.332 e. The maximum atomic E-state index is 13.5. The van der Waals surface area contributed by atoms with E-state index in [1.165, 1.54) is 23.1 Å². The standard InChI is InChI=1S/C26H22F3N3O4/c1-36-20-9-2-16(3-10-20)12-13-31-23(15-24(33)30-18-6-11-21(28)22(29)14-18)25(34)32(26(31)35)19-7-4-17(27)5-8-19/h2-11,14,23H,12-13,15H2,1H3,(H,30,33)/t23-/m0/s1. The summed E-state index contributed by atoms with van der Waals surface area (Å²) in [5, 5.41) is 2.42. The molecule has 4 amide bonds. The molecule has 0 aliphatic carbocycles. The SMILES string of the molecule is COc1ccc(CCN2C(=O)N(c3ccc(F)cc3)C(=O)[C@@H]2CC(=O)Nc2ccc(F)c(F)c2)cc1. The number of benzene rings is 3. The topological polar surface area (TPSA) is 79.0 Å². The van der Waals surface area contributed by atoms with Gasteiger partial charge in [0.2, 0.25) is 5.91 Å². The van der Waals surface area contributed by atoms with Gasteiger partial charge in [-0.25, -0.2) is 22.9 Å². The Kier molecular flexibility index (Phi) is 7.23. The zero-order chi connectivity index (χ0) is 25.8. The normalized spacial score (nSPS) is 15.4. The molecule has 1 heterocycles. The van der Waals surface area contributed by atoms with E-state index in [1.54, 1.807) is 19.2 Å². The minimum Gasteiger partial charge on any atom is -0.497 e. The van der Waals surface area contributed by atoms with Crippen molar-refractivity contribution in [3.63, 3.8) is 0 Å². The van der Waals surface area contributed by atoms with E-state index in [1.807, 2.05) is 12.1 Å². The molecule has 7 nitrogen and oxygen atoms in total. The molecule has 0 bridgehead atoms. The largest absolute Gasteiger partial charge is 0.497 e. The first-order chi connectivity index (χ1) is 17.3. The van der Waals surface area contributed by atoms with Gasteiger partial charge in [0.05, 0.1) is 19.2 Å². The van der Waals surface area contributed by atoms with E-state index >= 15 is 0 Å². The summed E-state index contributed by atoms with van der Waals surface area (Å²) in [7, 11) is 1.55. The molecule has 36 heavy (non-hydrogen) atoms. The van der Waals surface area contributed by atoms with Crippen LogP contribution in [0.25, 0.3) is 0 Å². The predicted octanol–water partition coefficient (Wildman–Crippen LogP) is 4.52. The number of imide groups is 1. The molecule has 0 unspecified atom stereocenters. The number of carbonyl (C=O) groups is 3. The summed E-state index contributed by atoms with van der Waals surface area (Å²) in [5.41, 5.74) is 1.06. The number of nitrogens with one attached hydrogen (secondary N) is 1. The number of rotatable bonds is 8. The molecule has 1 fully saturated rings. The van der Waals surface area contributed by atoms with E-state index in [9.17, 15) is 27.6 Å². The maximum absolute atomic E-state index is 13.5. The van der Waals surface area contributed by atoms with Crippen molar-refractivity contribution in [2.75, 3.05) is 23.9 Å². The first kappa shape index (κ1) is 24.8. The molecule has 0 radical (unpaired) electrons. The second kappa shape index (κ2) is 10.5. The average molecular weight is 497 g/mol. The van der Waals surface area contributed by atoms with Gasteiger partial charge in [-0.3, -0.25) is 9.59 Å². The highest BCUT2D eigenvalue weighted by Gasteiger charge is 2.46. The molecule has 1 aliphatic rings. The number of ether oxygens (including phenoxy) is 1. The Morgan fingerprint density at radius 3 is 2.28 bits per heavy atom. The lowest BCUT2D eigenvalue weighted by molar-refractivity contribution is -0.124. The summed E-state index contributed by atoms with van der Waals surface area (Å²) in [4.78, 5) is 41.4. The van der Waals surface area contributed by atoms with Gasteiger partial charge in [-0.15, -0.1) is 0 Å². The van der Waals surface area contributed by atoms with Crippen molar-refractivity contribution >= 4 is 29.2 Å². The molecule has 1 saturated heterocycles. The smallest absolute Gasteiger partial charge is 0.332 e. The number of carbonyl (C=O) groups excluding carboxylic acids is 3. The van der Waals surface area contributed by atoms with E-state index in [4.69, 9.17) is 4.74 Å². The molecule has 0 saturated carbocycles. The predicted molar refractivity (Wildman–Crippen MR) is 126 cm³/mol. The molecular formula is C26H22F3N3O4. The zero-order valence-electron chi connectivity index (χ0n) is 19.2. The molecule has 3 aromatic rings. The van der Waals surface area contributed by atoms with Crippen LogP contribution in [0.2, 0.25) is 0 Å². The van der Waals surface area contributed by atoms with Crippen LogP contribution >= 0.6 is 0 Å². The molecule has 4 rings (SSSR count). The van der Waals surface area contributed by atoms with Gasteiger partial charge in [0, 0.05) is 18.3 Å². The summed E-state index contributed by atoms with van der Waals surface area (Å²) >= 11 is 0. The fourth-order valence-corrected chi connectivity index (χ4v) is 3.92. The summed E-state index contributed by atoms with van der Waals surface area (Å²) in [5.74, 6) is -3.38. The quantitative estimate of drug-likeness (QED) is 0.464. The van der Waals surface area contributed by atoms with E-state index in [-0.39, 0.29) is 17.9 Å². The van der Waals surface area contributed by atoms with Gasteiger partial charge < -0.3 is 15.0 Å². The van der Waals surface area contributed by atoms with Crippen molar-refractivity contribution in [3.8, 4) is 5.75 Å². The monoisotopic (exact) mass is 497 g/mol. The second-order valence-electron chi connectivity index (χ2n) is 8.12. The fourth-order valence-electron chi connectivity index (χ4n) is 3.92. The third kappa shape index (κ3) is 5.32. The Labute approximate surface area is 205 Å². The number of hydrogen-bond acceptors (Lipinski definition) is 4. The van der Waals surface area contributed by atoms with E-state index in [2.05, 4.69) is 5.32 Å². The second-order valence-corrected chi connectivity index (χ2v) is 8.12. The van der Waals surface area contributed by atoms with Crippen molar-refractivity contribution in [3.05, 3.63) is 89.7 Å². The van der Waals surface area contributed by atoms with Gasteiger partial charge in [-0.2, -0.15) is 0 Å². The van der Waals surface area contributed by atoms with E-state index in [0.29, 0.717) is 12.2 Å². The molecule has 10 heteroatoms. The number of halogens is 3. The van der Waals surface area contributed by atoms with Crippen molar-refractivity contribution in [1.82, 2.24) is 4.90 Å². The first-order valence-corrected chi connectivity index (χ1v) is 11.0. The van der Waals surface area contributed by atoms with Crippen LogP contribution in [-0.4, -0.2) is 42.4 Å². The summed E-state index contributed by atoms with van der Waals surface area (Å²) in [6.07, 6.45) is -0.0224. The lowest BCUT2D eigenvalue weighted by Gasteiger charge is -2.21. The van der Waals surface area contributed by atoms with Gasteiger partial charge in [-0.1, -0.05) is 12.1 Å². The van der Waals surface area contributed by atoms with Crippen molar-refractivity contribution < 1.29 is 32.3 Å². The Balaban J connectivity index is 1.55. The van der Waals surface area contributed by atoms with Crippen LogP contribution in [0.4, 0.5) is 29.3 Å². The first-order valence-electron chi connectivity index (χ1n) is 11.0. The zero-order valence-corrected chi connectivity index (χ0v) is 19.2. The van der Waals surface area contributed by atoms with Crippen molar-refractivity contribution in [1.29, 1.82) is 0 Å². The van der Waals surface area contributed by atoms with Crippen molar-refractivity contribution in [2.45, 2.75) is 18.9 Å². The highest BCUT2D eigenvalue weighted by Crippen LogP contribution is 2.28. The molecule has 186 valence electrons. The van der Waals surface area contributed by atoms with Crippen LogP contribution in [0.15, 0.2) is 66.7 Å². The van der Waals surface area contributed by atoms with Gasteiger partial charge >= 0.3 is 6.03 Å². The molecule has 1 aliphatic heterocycles. The van der Waals surface area contributed by atoms with Crippen LogP contribution in [0, 0.1) is 17.5 Å². The van der Waals surface area contributed by atoms with Crippen molar-refractivity contribution in [2.24, 2.45) is 0 Å². The minimum atomic E-state index is -1.15. The Morgan fingerprint density at radius 2 is 1.64 bits per heavy atom. The van der Waals surface area contributed by atoms with Gasteiger partial charge in [-0.05, 0) is 60.5 Å². The van der Waals surface area contributed by atoms with Crippen LogP contribution in [0.5, 0.6) is 5.75 Å². The van der Waals surface area contributed by atoms with Crippen LogP contribution < -0.4 is 15.0 Å². The third-order valence-electron chi connectivity index (χ3n) is 5.79. The van der Waals surface area contributed by atoms with E-state index in [0.717, 1.165) is 34.7 Å². The molecule has 0 spiro atoms. The number of amides is 4. The fraction of sp³-hybridized carbons (Fsp3) is 0.192. The highest BCUT2D eigenvalue weighted by atomic mass is 19.2. The molecule has 1 atom stereocenters. The van der Waals surface area contributed by atoms with Crippen LogP contribution in [-0.2, 0) is 16.0 Å². The number of urea groups is 1. The average Bonchev–Trinajstić information content (AvgIpc) is 3.09. The Morgan fingerprint density at radius 1 is 0.944 bits per heavy atom. The summed E-state index contributed by atoms with van der Waals surface area (Å²) in [6, 6.07) is 13.1. The Bertz CT molecular complexity index is 1280. The van der Waals surface area contributed by atoms with Crippen LogP contribution in [0.1, 0.15) is 12.0 Å². The van der Waals surface area contributed by atoms with Gasteiger partial charge in [0.1, 0.15) is 17.6 Å². The summed E-state index contributed by atoms with van der Waals surface area (Å²) < 4.78 is 45.3. The highest BCUT2D eigenvalue weighted by molar-refractivity contribution is 6.22. The van der Waals surface area contributed by atoms with Crippen LogP contribution in [0.3, 0.4) is 0 Å². The minimum absolute atomic E-state index is 0.0100. The number of anilines is 2. The lowest BCUT2D eigenvalue weighted by atomic mass is 10.1. The van der Waals surface area contributed by atoms with E-state index < -0.39 is 47.8 Å². The molecular weight excluding hydrogens is 475 g/mol. The third-order valence-corrected chi connectivity index (χ3v) is 5.79. The Hall–Kier alpha value is -4.34. The lowest BCUT2D eigenvalue weighted by Crippen LogP contribution is -2.39. The number of hydrogen-bond donors (Lipinski definition) is 1. The molecule has 3 aromatic carbocycles. The summed E-state index contributed by atoms with van der Waals surface area (Å²) in [6.45, 7) is 0.123. The van der Waals surface area contributed by atoms with Gasteiger partial charge in [0.25, 0.3) is 5.91 Å². The number of methoxy groups -OCH3 is 1.